The first-order valence-corrected chi connectivity index (χ1v) is 7.46. The van der Waals surface area contributed by atoms with Gasteiger partial charge in [0.1, 0.15) is 12.4 Å². The van der Waals surface area contributed by atoms with Crippen LogP contribution in [0.25, 0.3) is 10.1 Å². The smallest absolute Gasteiger partial charge is 0.337 e. The van der Waals surface area contributed by atoms with E-state index in [1.807, 2.05) is 24.3 Å². The van der Waals surface area contributed by atoms with E-state index >= 15 is 0 Å². The molecule has 0 saturated heterocycles. The third-order valence-electron chi connectivity index (χ3n) is 3.00. The van der Waals surface area contributed by atoms with Crippen LogP contribution < -0.4 is 4.74 Å². The minimum atomic E-state index is -0.912. The number of fused-ring (bicyclic) bond motifs is 1. The van der Waals surface area contributed by atoms with E-state index in [-0.39, 0.29) is 0 Å². The van der Waals surface area contributed by atoms with Gasteiger partial charge in [-0.2, -0.15) is 0 Å². The third-order valence-corrected chi connectivity index (χ3v) is 4.40. The van der Waals surface area contributed by atoms with Crippen molar-refractivity contribution in [1.82, 2.24) is 0 Å². The number of carbonyl (C=O) groups is 1. The number of ether oxygens (including phenoxy) is 1. The molecule has 0 radical (unpaired) electrons. The average Bonchev–Trinajstić information content (AvgIpc) is 2.87. The molecular weight excluding hydrogens is 308 g/mol. The summed E-state index contributed by atoms with van der Waals surface area (Å²) in [7, 11) is 0. The van der Waals surface area contributed by atoms with Gasteiger partial charge in [0.25, 0.3) is 0 Å². The van der Waals surface area contributed by atoms with Crippen LogP contribution in [0, 0.1) is 0 Å². The monoisotopic (exact) mass is 318 g/mol. The molecule has 0 spiro atoms. The van der Waals surface area contributed by atoms with Gasteiger partial charge in [-0.1, -0.05) is 29.8 Å². The van der Waals surface area contributed by atoms with E-state index in [2.05, 4.69) is 0 Å². The number of halogens is 1. The summed E-state index contributed by atoms with van der Waals surface area (Å²) in [6, 6.07) is 14.4. The van der Waals surface area contributed by atoms with Crippen molar-refractivity contribution in [3.63, 3.8) is 0 Å². The first kappa shape index (κ1) is 13.9. The van der Waals surface area contributed by atoms with Crippen LogP contribution in [0.1, 0.15) is 15.2 Å². The topological polar surface area (TPSA) is 46.5 Å². The van der Waals surface area contributed by atoms with Gasteiger partial charge in [0, 0.05) is 14.6 Å². The molecule has 0 atom stereocenters. The predicted molar refractivity (Wildman–Crippen MR) is 84.6 cm³/mol. The molecule has 3 rings (SSSR count). The van der Waals surface area contributed by atoms with Gasteiger partial charge < -0.3 is 9.84 Å². The summed E-state index contributed by atoms with van der Waals surface area (Å²) >= 11 is 7.34. The molecule has 0 aliphatic carbocycles. The number of benzene rings is 2. The first-order chi connectivity index (χ1) is 10.1. The summed E-state index contributed by atoms with van der Waals surface area (Å²) in [5, 5.41) is 10.7. The van der Waals surface area contributed by atoms with Gasteiger partial charge in [0.05, 0.1) is 5.56 Å². The van der Waals surface area contributed by atoms with Crippen molar-refractivity contribution in [2.24, 2.45) is 0 Å². The maximum Gasteiger partial charge on any atom is 0.337 e. The SMILES string of the molecule is O=C(O)c1cccc2cc(COc3cccc(Cl)c3)sc12. The highest BCUT2D eigenvalue weighted by Gasteiger charge is 2.11. The molecule has 1 heterocycles. The number of thiophene rings is 1. The van der Waals surface area contributed by atoms with Crippen LogP contribution in [0.2, 0.25) is 5.02 Å². The van der Waals surface area contributed by atoms with Crippen LogP contribution in [0.15, 0.2) is 48.5 Å². The minimum absolute atomic E-state index is 0.325. The van der Waals surface area contributed by atoms with Crippen molar-refractivity contribution in [3.8, 4) is 5.75 Å². The average molecular weight is 319 g/mol. The highest BCUT2D eigenvalue weighted by Crippen LogP contribution is 2.30. The first-order valence-electron chi connectivity index (χ1n) is 6.26. The standard InChI is InChI=1S/C16H11ClO3S/c17-11-4-2-5-12(8-11)20-9-13-7-10-3-1-6-14(16(18)19)15(10)21-13/h1-8H,9H2,(H,18,19). The lowest BCUT2D eigenvalue weighted by Crippen LogP contribution is -1.94. The Morgan fingerprint density at radius 1 is 1.19 bits per heavy atom. The Labute approximate surface area is 130 Å². The lowest BCUT2D eigenvalue weighted by molar-refractivity contribution is 0.0699. The predicted octanol–water partition coefficient (Wildman–Crippen LogP) is 4.83. The Kier molecular flexibility index (Phi) is 3.82. The highest BCUT2D eigenvalue weighted by molar-refractivity contribution is 7.19. The van der Waals surface area contributed by atoms with Crippen molar-refractivity contribution in [2.75, 3.05) is 0 Å². The second-order valence-electron chi connectivity index (χ2n) is 4.49. The molecule has 3 aromatic rings. The second-order valence-corrected chi connectivity index (χ2v) is 6.06. The number of rotatable bonds is 4. The molecule has 1 aromatic heterocycles. The van der Waals surface area contributed by atoms with Crippen molar-refractivity contribution in [1.29, 1.82) is 0 Å². The Morgan fingerprint density at radius 3 is 2.76 bits per heavy atom. The van der Waals surface area contributed by atoms with Crippen molar-refractivity contribution < 1.29 is 14.6 Å². The Morgan fingerprint density at radius 2 is 2.00 bits per heavy atom. The Hall–Kier alpha value is -2.04. The zero-order valence-corrected chi connectivity index (χ0v) is 12.4. The van der Waals surface area contributed by atoms with Crippen LogP contribution in [0.3, 0.4) is 0 Å². The largest absolute Gasteiger partial charge is 0.488 e. The molecule has 0 saturated carbocycles. The minimum Gasteiger partial charge on any atom is -0.488 e. The third kappa shape index (κ3) is 3.01. The van der Waals surface area contributed by atoms with Crippen molar-refractivity contribution in [2.45, 2.75) is 6.61 Å². The highest BCUT2D eigenvalue weighted by atomic mass is 35.5. The maximum absolute atomic E-state index is 11.2. The quantitative estimate of drug-likeness (QED) is 0.749. The number of hydrogen-bond acceptors (Lipinski definition) is 3. The summed E-state index contributed by atoms with van der Waals surface area (Å²) in [5.74, 6) is -0.219. The number of carboxylic acid groups (broad SMARTS) is 1. The van der Waals surface area contributed by atoms with E-state index < -0.39 is 5.97 Å². The molecule has 3 nitrogen and oxygen atoms in total. The molecule has 0 aliphatic rings. The number of aromatic carboxylic acids is 1. The van der Waals surface area contributed by atoms with E-state index in [1.54, 1.807) is 24.3 Å². The molecule has 0 amide bonds. The van der Waals surface area contributed by atoms with Crippen molar-refractivity contribution in [3.05, 3.63) is 64.0 Å². The molecule has 1 N–H and O–H groups in total. The van der Waals surface area contributed by atoms with Crippen LogP contribution in [-0.2, 0) is 6.61 Å². The second kappa shape index (κ2) is 5.76. The molecule has 21 heavy (non-hydrogen) atoms. The molecular formula is C16H11ClO3S. The van der Waals surface area contributed by atoms with Gasteiger partial charge in [-0.15, -0.1) is 11.3 Å². The fourth-order valence-corrected chi connectivity index (χ4v) is 3.32. The van der Waals surface area contributed by atoms with Gasteiger partial charge in [-0.25, -0.2) is 4.79 Å². The van der Waals surface area contributed by atoms with Gasteiger partial charge in [-0.3, -0.25) is 0 Å². The van der Waals surface area contributed by atoms with Crippen molar-refractivity contribution >= 4 is 39.0 Å². The molecule has 0 unspecified atom stereocenters. The normalized spacial score (nSPS) is 10.7. The fraction of sp³-hybridized carbons (Fsp3) is 0.0625. The number of carboxylic acids is 1. The summed E-state index contributed by atoms with van der Waals surface area (Å²) in [5.41, 5.74) is 0.325. The van der Waals surface area contributed by atoms with Crippen LogP contribution >= 0.6 is 22.9 Å². The molecule has 5 heteroatoms. The van der Waals surface area contributed by atoms with Gasteiger partial charge in [0.15, 0.2) is 0 Å². The van der Waals surface area contributed by atoms with E-state index in [0.29, 0.717) is 22.9 Å². The molecule has 0 fully saturated rings. The Balaban J connectivity index is 1.85. The van der Waals surface area contributed by atoms with Gasteiger partial charge in [0.2, 0.25) is 0 Å². The maximum atomic E-state index is 11.2. The molecule has 2 aromatic carbocycles. The molecule has 0 aliphatic heterocycles. The lowest BCUT2D eigenvalue weighted by Gasteiger charge is -2.04. The van der Waals surface area contributed by atoms with Gasteiger partial charge >= 0.3 is 5.97 Å². The molecule has 0 bridgehead atoms. The van der Waals surface area contributed by atoms with E-state index in [1.165, 1.54) is 11.3 Å². The van der Waals surface area contributed by atoms with Crippen LogP contribution in [0.5, 0.6) is 5.75 Å². The van der Waals surface area contributed by atoms with E-state index in [9.17, 15) is 9.90 Å². The van der Waals surface area contributed by atoms with Crippen LogP contribution in [0.4, 0.5) is 0 Å². The Bertz CT molecular complexity index is 810. The van der Waals surface area contributed by atoms with Crippen LogP contribution in [-0.4, -0.2) is 11.1 Å². The zero-order valence-electron chi connectivity index (χ0n) is 10.9. The molecule has 106 valence electrons. The number of hydrogen-bond donors (Lipinski definition) is 1. The fourth-order valence-electron chi connectivity index (χ4n) is 2.07. The summed E-state index contributed by atoms with van der Waals surface area (Å²) in [4.78, 5) is 12.2. The summed E-state index contributed by atoms with van der Waals surface area (Å²) in [6.07, 6.45) is 0. The summed E-state index contributed by atoms with van der Waals surface area (Å²) < 4.78 is 6.45. The van der Waals surface area contributed by atoms with E-state index in [4.69, 9.17) is 16.3 Å². The van der Waals surface area contributed by atoms with E-state index in [0.717, 1.165) is 15.0 Å². The van der Waals surface area contributed by atoms with Gasteiger partial charge in [-0.05, 0) is 35.7 Å². The lowest BCUT2D eigenvalue weighted by atomic mass is 10.1. The summed E-state index contributed by atoms with van der Waals surface area (Å²) in [6.45, 7) is 0.388. The zero-order chi connectivity index (χ0) is 14.8.